The number of carbonyl (C=O) groups excluding carboxylic acids is 3. The number of hydrogen-bond donors (Lipinski definition) is 0. The molecule has 12 heterocycles. The zero-order valence-electron chi connectivity index (χ0n) is 80.2. The first-order chi connectivity index (χ1) is 68.0. The summed E-state index contributed by atoms with van der Waals surface area (Å²) in [6, 6.07) is 38.9. The first-order valence-corrected chi connectivity index (χ1v) is 48.8. The lowest BCUT2D eigenvalue weighted by Crippen LogP contribution is -2.56. The van der Waals surface area contributed by atoms with Gasteiger partial charge >= 0.3 is 30.4 Å². The summed E-state index contributed by atoms with van der Waals surface area (Å²) in [5.41, 5.74) is 11.6. The van der Waals surface area contributed by atoms with Crippen molar-refractivity contribution >= 4 is 102 Å². The van der Waals surface area contributed by atoms with Gasteiger partial charge in [0.15, 0.2) is 0 Å². The van der Waals surface area contributed by atoms with Crippen molar-refractivity contribution in [3.8, 4) is 36.2 Å². The SMILES string of the molecule is C=CC(/C=C/C(=O)N1CCN(c2nc(OC[C@@H]3CCCN3C)nc3c2CCN(c2cc(C4C[C@@H](COc5nc6c(c(N7CCN(C(=O)C(=C)C(F)(F)F)[C@@H](CC#N)C7)n5)CCN(c5ccc(C7C[C@@H](COc8nc9c(c(N%10CCN(C(=O)/C=C/C(F)(F)F)[C@@H](CC#N)C%10)n8)CCN(c8cccc%10cccc(Cl)c8%10)C9)N(C)C7)c7cccc(C)c57)C6)N(C)C4)cc4cccc(C)c24)C3)C[C@@H]1CC#N)=N/C=C\C. The maximum absolute atomic E-state index is 14.2. The third-order valence-electron chi connectivity index (χ3n) is 29.7. The number of piperazine rings is 3. The minimum atomic E-state index is -4.98. The van der Waals surface area contributed by atoms with Gasteiger partial charge in [0, 0.05) is 184 Å². The standard InChI is InChI=1S/C106H115ClF6N22O6/c1-9-40-117-74(10-2)25-28-93(136)133-48-45-130(57-75(133)30-37-114)99-85-35-44-129(62-89(85)120-102(121-99)139-63-78-21-15-41-124(78)6)92-54-71(51-70-20-11-16-66(3)95(70)92)72-52-79(125(7)55-72)64-140-103-119-88-61-128(43-34-84(88)100(123-103)132-47-50-135(77(59-132)32-39-116)101(138)68(5)106(111,112)113)91-27-26-81(82-22-12-17-67(4)96(82)91)73-53-80(126(8)56-73)65-141-104-118-87-60-127(90-24-14-19-69-18-13-23-86(107)97(69)90)42-33-83(87)98(122-104)131-46-49-134(76(58-131)31-38-115)94(137)29-36-105(108,109)110/h9-14,16-20,22-29,36,40,51,54,72-73,75-80H,2,5,15,21,30-35,41-50,52-53,55-65H2,1,3-4,6-8H3/b28-25+,36-29+,40-9-,117-74-/t72?,73?,75-,76-,77-,78-,79-,80-/m0/s1. The van der Waals surface area contributed by atoms with Gasteiger partial charge in [-0.05, 0) is 180 Å². The Labute approximate surface area is 821 Å². The van der Waals surface area contributed by atoms with Crippen LogP contribution in [0.2, 0.25) is 5.02 Å². The topological polar surface area (TPSA) is 279 Å². The fourth-order valence-corrected chi connectivity index (χ4v) is 22.6. The van der Waals surface area contributed by atoms with E-state index in [0.717, 1.165) is 131 Å². The Bertz CT molecular complexity index is 6590. The van der Waals surface area contributed by atoms with Crippen LogP contribution in [0, 0.1) is 47.8 Å². The number of allylic oxidation sites excluding steroid dienone is 4. The molecule has 28 nitrogen and oxygen atoms in total. The van der Waals surface area contributed by atoms with Crippen LogP contribution in [-0.2, 0) is 53.3 Å². The number of likely N-dealkylation sites (tertiary alicyclic amines) is 3. The van der Waals surface area contributed by atoms with E-state index in [9.17, 15) is 56.5 Å². The number of aryl methyl sites for hydroxylation is 2. The number of anilines is 6. The fraction of sp³-hybridized carbons (Fsp3) is 0.443. The Morgan fingerprint density at radius 3 is 1.52 bits per heavy atom. The average Bonchev–Trinajstić information content (AvgIpc) is 1.63. The van der Waals surface area contributed by atoms with Crippen molar-refractivity contribution in [2.24, 2.45) is 4.99 Å². The van der Waals surface area contributed by atoms with E-state index in [0.29, 0.717) is 144 Å². The minimum Gasteiger partial charge on any atom is -0.462 e. The van der Waals surface area contributed by atoms with Crippen LogP contribution in [0.3, 0.4) is 0 Å². The molecule has 35 heteroatoms. The number of halogens is 7. The Hall–Kier alpha value is -13.5. The van der Waals surface area contributed by atoms with Gasteiger partial charge in [-0.1, -0.05) is 104 Å². The number of fused-ring (bicyclic) bond motifs is 6. The molecule has 3 aromatic heterocycles. The van der Waals surface area contributed by atoms with E-state index in [2.05, 4.69) is 166 Å². The lowest BCUT2D eigenvalue weighted by Gasteiger charge is -2.42. The maximum Gasteiger partial charge on any atom is 0.421 e. The highest BCUT2D eigenvalue weighted by Gasteiger charge is 2.45. The molecule has 8 atom stereocenters. The van der Waals surface area contributed by atoms with Crippen molar-refractivity contribution in [3.05, 3.63) is 219 Å². The molecule has 0 saturated carbocycles. The summed E-state index contributed by atoms with van der Waals surface area (Å²) < 4.78 is 103. The molecular formula is C106H115ClF6N22O6. The van der Waals surface area contributed by atoms with Gasteiger partial charge in [0.2, 0.25) is 11.8 Å². The number of aliphatic imine (C=N–C) groups is 1. The molecule has 734 valence electrons. The van der Waals surface area contributed by atoms with Gasteiger partial charge in [0.25, 0.3) is 5.91 Å². The van der Waals surface area contributed by atoms with Crippen molar-refractivity contribution < 1.29 is 54.9 Å². The molecule has 0 spiro atoms. The van der Waals surface area contributed by atoms with Crippen molar-refractivity contribution in [3.63, 3.8) is 0 Å². The number of likely N-dealkylation sites (N-methyl/N-ethyl adjacent to an activating group) is 3. The van der Waals surface area contributed by atoms with Crippen molar-refractivity contribution in [2.75, 3.05) is 169 Å². The number of carbonyl (C=O) groups is 3. The number of benzene rings is 6. The summed E-state index contributed by atoms with van der Waals surface area (Å²) in [7, 11) is 6.30. The minimum absolute atomic E-state index is 0.0111. The van der Waals surface area contributed by atoms with E-state index >= 15 is 0 Å². The number of rotatable bonds is 26. The highest BCUT2D eigenvalue weighted by molar-refractivity contribution is 6.36. The number of nitrogens with zero attached hydrogens (tertiary/aromatic N) is 22. The fourth-order valence-electron chi connectivity index (χ4n) is 22.3. The summed E-state index contributed by atoms with van der Waals surface area (Å²) in [6.07, 6.45) is 3.79. The van der Waals surface area contributed by atoms with E-state index in [-0.39, 0.29) is 126 Å². The van der Waals surface area contributed by atoms with E-state index in [1.165, 1.54) is 16.5 Å². The molecule has 0 bridgehead atoms. The number of ether oxygens (including phenoxy) is 3. The van der Waals surface area contributed by atoms with Gasteiger partial charge in [0.1, 0.15) is 42.8 Å². The Morgan fingerprint density at radius 1 is 0.511 bits per heavy atom. The van der Waals surface area contributed by atoms with E-state index in [1.54, 1.807) is 29.3 Å². The molecule has 3 amide bonds. The third-order valence-corrected chi connectivity index (χ3v) is 30.0. The third kappa shape index (κ3) is 20.9. The number of aromatic nitrogens is 6. The second-order valence-corrected chi connectivity index (χ2v) is 38.8. The van der Waals surface area contributed by atoms with Crippen LogP contribution in [0.15, 0.2) is 163 Å². The molecule has 0 radical (unpaired) electrons. The summed E-state index contributed by atoms with van der Waals surface area (Å²) in [5, 5.41) is 37.4. The summed E-state index contributed by atoms with van der Waals surface area (Å²) >= 11 is 6.93. The van der Waals surface area contributed by atoms with E-state index < -0.39 is 47.9 Å². The molecule has 6 saturated heterocycles. The second-order valence-electron chi connectivity index (χ2n) is 38.4. The zero-order chi connectivity index (χ0) is 98.8. The normalized spacial score (nSPS) is 21.8. The monoisotopic (exact) mass is 1940 g/mol. The molecular weight excluding hydrogens is 1830 g/mol. The van der Waals surface area contributed by atoms with Gasteiger partial charge in [-0.3, -0.25) is 29.2 Å². The van der Waals surface area contributed by atoms with Crippen molar-refractivity contribution in [2.45, 2.75) is 165 Å². The summed E-state index contributed by atoms with van der Waals surface area (Å²) in [5.74, 6) is -0.343. The Morgan fingerprint density at radius 2 is 0.993 bits per heavy atom. The average molecular weight is 1940 g/mol. The van der Waals surface area contributed by atoms with E-state index in [1.807, 2.05) is 53.1 Å². The van der Waals surface area contributed by atoms with Crippen LogP contribution in [0.25, 0.3) is 32.3 Å². The molecule has 0 N–H and O–H groups in total. The molecule has 6 aromatic carbocycles. The Balaban J connectivity index is 0.602. The molecule has 9 aromatic rings. The van der Waals surface area contributed by atoms with Gasteiger partial charge in [-0.2, -0.15) is 72.0 Å². The summed E-state index contributed by atoms with van der Waals surface area (Å²) in [4.78, 5) is 101. The van der Waals surface area contributed by atoms with Crippen LogP contribution in [0.5, 0.6) is 18.0 Å². The highest BCUT2D eigenvalue weighted by atomic mass is 35.5. The van der Waals surface area contributed by atoms with Crippen LogP contribution in [0.1, 0.15) is 120 Å². The van der Waals surface area contributed by atoms with Gasteiger partial charge in [0.05, 0.1) is 103 Å². The number of nitriles is 3. The lowest BCUT2D eigenvalue weighted by molar-refractivity contribution is -0.142. The largest absolute Gasteiger partial charge is 0.462 e. The molecule has 0 aliphatic carbocycles. The van der Waals surface area contributed by atoms with Crippen LogP contribution in [0.4, 0.5) is 60.9 Å². The molecule has 9 aliphatic heterocycles. The van der Waals surface area contributed by atoms with Crippen molar-refractivity contribution in [1.29, 1.82) is 15.8 Å². The summed E-state index contributed by atoms with van der Waals surface area (Å²) in [6.45, 7) is 20.9. The van der Waals surface area contributed by atoms with Gasteiger partial charge < -0.3 is 63.2 Å². The second kappa shape index (κ2) is 41.8. The molecule has 6 fully saturated rings. The molecule has 141 heavy (non-hydrogen) atoms. The van der Waals surface area contributed by atoms with E-state index in [4.69, 9.17) is 55.7 Å². The quantitative estimate of drug-likeness (QED) is 0.0277. The molecule has 2 unspecified atom stereocenters. The van der Waals surface area contributed by atoms with Gasteiger partial charge in [-0.25, -0.2) is 0 Å². The maximum atomic E-state index is 14.2. The first kappa shape index (κ1) is 97.8. The van der Waals surface area contributed by atoms with Crippen LogP contribution < -0.4 is 43.6 Å². The predicted octanol–water partition coefficient (Wildman–Crippen LogP) is 15.4. The molecule has 18 rings (SSSR count). The first-order valence-electron chi connectivity index (χ1n) is 48.5. The number of hydrogen-bond acceptors (Lipinski definition) is 25. The van der Waals surface area contributed by atoms with Crippen molar-refractivity contribution in [1.82, 2.24) is 59.3 Å². The number of alkyl halides is 6. The van der Waals surface area contributed by atoms with Crippen LogP contribution in [-0.4, -0.2) is 270 Å². The smallest absolute Gasteiger partial charge is 0.421 e. The molecule has 9 aliphatic rings. The zero-order valence-corrected chi connectivity index (χ0v) is 80.9. The Kier molecular flexibility index (Phi) is 28.9. The van der Waals surface area contributed by atoms with Crippen LogP contribution >= 0.6 is 11.6 Å². The predicted molar refractivity (Wildman–Crippen MR) is 532 cm³/mol. The van der Waals surface area contributed by atoms with Gasteiger partial charge in [-0.15, -0.1) is 0 Å². The number of amides is 3. The highest BCUT2D eigenvalue weighted by Crippen LogP contribution is 2.47. The lowest BCUT2D eigenvalue weighted by atomic mass is 9.89.